The Hall–Kier alpha value is -2.27. The van der Waals surface area contributed by atoms with E-state index in [1.165, 1.54) is 35.2 Å². The van der Waals surface area contributed by atoms with Gasteiger partial charge in [-0.15, -0.1) is 0 Å². The molecule has 3 rings (SSSR count). The molecule has 3 nitrogen and oxygen atoms in total. The molecule has 0 fully saturated rings. The molecule has 1 heterocycles. The molecule has 1 aliphatic rings. The van der Waals surface area contributed by atoms with Gasteiger partial charge < -0.3 is 10.0 Å². The number of halogens is 2. The number of hydrogen-bond acceptors (Lipinski definition) is 2. The average Bonchev–Trinajstić information content (AvgIpc) is 2.90. The summed E-state index contributed by atoms with van der Waals surface area (Å²) in [5, 5.41) is 10.1. The molecule has 0 saturated carbocycles. The van der Waals surface area contributed by atoms with Crippen molar-refractivity contribution in [2.24, 2.45) is 0 Å². The Morgan fingerprint density at radius 2 is 1.95 bits per heavy atom. The van der Waals surface area contributed by atoms with Crippen molar-refractivity contribution in [2.75, 3.05) is 11.4 Å². The van der Waals surface area contributed by atoms with E-state index < -0.39 is 17.7 Å². The first-order chi connectivity index (χ1) is 10.5. The Bertz CT molecular complexity index is 718. The molecule has 1 unspecified atom stereocenters. The summed E-state index contributed by atoms with van der Waals surface area (Å²) in [5.74, 6) is -1.16. The molecule has 2 aromatic carbocycles. The molecule has 0 bridgehead atoms. The minimum atomic E-state index is -1.08. The number of aliphatic hydroxyl groups is 1. The van der Waals surface area contributed by atoms with Gasteiger partial charge >= 0.3 is 0 Å². The van der Waals surface area contributed by atoms with Crippen LogP contribution < -0.4 is 4.90 Å². The average molecular weight is 303 g/mol. The number of rotatable bonds is 3. The van der Waals surface area contributed by atoms with Crippen molar-refractivity contribution in [1.82, 2.24) is 0 Å². The van der Waals surface area contributed by atoms with Crippen molar-refractivity contribution in [2.45, 2.75) is 18.9 Å². The smallest absolute Gasteiger partial charge is 0.229 e. The van der Waals surface area contributed by atoms with Gasteiger partial charge in [-0.2, -0.15) is 0 Å². The normalized spacial score (nSPS) is 14.8. The molecule has 0 spiro atoms. The Kier molecular flexibility index (Phi) is 3.90. The highest BCUT2D eigenvalue weighted by atomic mass is 19.1. The topological polar surface area (TPSA) is 40.5 Å². The second-order valence-corrected chi connectivity index (χ2v) is 5.34. The minimum absolute atomic E-state index is 0.167. The number of fused-ring (bicyclic) bond motifs is 1. The van der Waals surface area contributed by atoms with E-state index in [2.05, 4.69) is 0 Å². The quantitative estimate of drug-likeness (QED) is 0.947. The van der Waals surface area contributed by atoms with Gasteiger partial charge in [0.25, 0.3) is 0 Å². The van der Waals surface area contributed by atoms with Crippen LogP contribution in [0.2, 0.25) is 0 Å². The van der Waals surface area contributed by atoms with E-state index in [-0.39, 0.29) is 12.3 Å². The molecule has 0 aromatic heterocycles. The first-order valence-corrected chi connectivity index (χ1v) is 7.07. The number of anilines is 1. The fraction of sp³-hybridized carbons (Fsp3) is 0.235. The predicted octanol–water partition coefficient (Wildman–Crippen LogP) is 2.98. The maximum Gasteiger partial charge on any atom is 0.229 e. The van der Waals surface area contributed by atoms with Crippen molar-refractivity contribution in [3.63, 3.8) is 0 Å². The van der Waals surface area contributed by atoms with Crippen LogP contribution in [0.3, 0.4) is 0 Å². The van der Waals surface area contributed by atoms with Gasteiger partial charge in [-0.05, 0) is 41.8 Å². The van der Waals surface area contributed by atoms with E-state index in [0.29, 0.717) is 24.2 Å². The summed E-state index contributed by atoms with van der Waals surface area (Å²) in [6, 6.07) is 9.90. The Balaban J connectivity index is 1.75. The van der Waals surface area contributed by atoms with Crippen molar-refractivity contribution in [3.05, 3.63) is 65.2 Å². The van der Waals surface area contributed by atoms with Crippen LogP contribution in [0, 0.1) is 11.6 Å². The maximum absolute atomic E-state index is 13.3. The summed E-state index contributed by atoms with van der Waals surface area (Å²) in [5.41, 5.74) is 1.82. The maximum atomic E-state index is 13.3. The number of carbonyl (C=O) groups excluding carboxylic acids is 1. The molecule has 0 saturated heterocycles. The summed E-state index contributed by atoms with van der Waals surface area (Å²) in [7, 11) is 0. The van der Waals surface area contributed by atoms with Crippen LogP contribution in [-0.4, -0.2) is 17.6 Å². The second kappa shape index (κ2) is 5.85. The lowest BCUT2D eigenvalue weighted by Gasteiger charge is -2.19. The van der Waals surface area contributed by atoms with Crippen LogP contribution in [0.1, 0.15) is 23.7 Å². The Morgan fingerprint density at radius 3 is 2.73 bits per heavy atom. The SMILES string of the molecule is O=C(CC(O)c1cccc(F)c1)N1CCc2ccc(F)cc21. The molecule has 22 heavy (non-hydrogen) atoms. The number of carbonyl (C=O) groups is 1. The molecule has 1 atom stereocenters. The highest BCUT2D eigenvalue weighted by Gasteiger charge is 2.26. The number of hydrogen-bond donors (Lipinski definition) is 1. The molecule has 0 radical (unpaired) electrons. The highest BCUT2D eigenvalue weighted by molar-refractivity contribution is 5.95. The number of aliphatic hydroxyl groups excluding tert-OH is 1. The molecular formula is C17H15F2NO2. The summed E-state index contributed by atoms with van der Waals surface area (Å²) in [6.45, 7) is 0.466. The van der Waals surface area contributed by atoms with E-state index in [1.54, 1.807) is 12.1 Å². The van der Waals surface area contributed by atoms with E-state index >= 15 is 0 Å². The van der Waals surface area contributed by atoms with Crippen LogP contribution >= 0.6 is 0 Å². The van der Waals surface area contributed by atoms with Crippen LogP contribution in [-0.2, 0) is 11.2 Å². The number of amides is 1. The molecule has 1 N–H and O–H groups in total. The van der Waals surface area contributed by atoms with Crippen LogP contribution in [0.25, 0.3) is 0 Å². The number of benzene rings is 2. The largest absolute Gasteiger partial charge is 0.388 e. The van der Waals surface area contributed by atoms with E-state index in [1.807, 2.05) is 0 Å². The predicted molar refractivity (Wildman–Crippen MR) is 78.4 cm³/mol. The third-order valence-electron chi connectivity index (χ3n) is 3.85. The fourth-order valence-corrected chi connectivity index (χ4v) is 2.72. The minimum Gasteiger partial charge on any atom is -0.388 e. The molecule has 114 valence electrons. The van der Waals surface area contributed by atoms with Gasteiger partial charge in [-0.1, -0.05) is 18.2 Å². The third-order valence-corrected chi connectivity index (χ3v) is 3.85. The molecule has 1 amide bonds. The third kappa shape index (κ3) is 2.85. The lowest BCUT2D eigenvalue weighted by molar-refractivity contribution is -0.120. The monoisotopic (exact) mass is 303 g/mol. The standard InChI is InChI=1S/C17H15F2NO2/c18-13-3-1-2-12(8-13)16(21)10-17(22)20-7-6-11-4-5-14(19)9-15(11)20/h1-5,8-9,16,21H,6-7,10H2. The lowest BCUT2D eigenvalue weighted by atomic mass is 10.1. The lowest BCUT2D eigenvalue weighted by Crippen LogP contribution is -2.30. The molecular weight excluding hydrogens is 288 g/mol. The van der Waals surface area contributed by atoms with Gasteiger partial charge in [0.15, 0.2) is 0 Å². The summed E-state index contributed by atoms with van der Waals surface area (Å²) >= 11 is 0. The Morgan fingerprint density at radius 1 is 1.18 bits per heavy atom. The summed E-state index contributed by atoms with van der Waals surface area (Å²) in [6.07, 6.45) is -0.586. The van der Waals surface area contributed by atoms with E-state index in [0.717, 1.165) is 5.56 Å². The zero-order valence-electron chi connectivity index (χ0n) is 11.8. The summed E-state index contributed by atoms with van der Waals surface area (Å²) < 4.78 is 26.5. The van der Waals surface area contributed by atoms with Gasteiger partial charge in [0.05, 0.1) is 12.5 Å². The molecule has 5 heteroatoms. The van der Waals surface area contributed by atoms with E-state index in [9.17, 15) is 18.7 Å². The zero-order valence-corrected chi connectivity index (χ0v) is 11.8. The van der Waals surface area contributed by atoms with Gasteiger partial charge in [0, 0.05) is 12.2 Å². The van der Waals surface area contributed by atoms with Crippen molar-refractivity contribution in [1.29, 1.82) is 0 Å². The zero-order chi connectivity index (χ0) is 15.7. The molecule has 0 aliphatic carbocycles. The van der Waals surface area contributed by atoms with Crippen LogP contribution in [0.4, 0.5) is 14.5 Å². The molecule has 1 aliphatic heterocycles. The second-order valence-electron chi connectivity index (χ2n) is 5.34. The van der Waals surface area contributed by atoms with Crippen LogP contribution in [0.15, 0.2) is 42.5 Å². The van der Waals surface area contributed by atoms with E-state index in [4.69, 9.17) is 0 Å². The van der Waals surface area contributed by atoms with Gasteiger partial charge in [-0.25, -0.2) is 8.78 Å². The van der Waals surface area contributed by atoms with Crippen molar-refractivity contribution >= 4 is 11.6 Å². The first kappa shape index (κ1) is 14.7. The molecule has 2 aromatic rings. The van der Waals surface area contributed by atoms with Gasteiger partial charge in [0.1, 0.15) is 11.6 Å². The fourth-order valence-electron chi connectivity index (χ4n) is 2.72. The van der Waals surface area contributed by atoms with Crippen molar-refractivity contribution in [3.8, 4) is 0 Å². The summed E-state index contributed by atoms with van der Waals surface area (Å²) in [4.78, 5) is 13.8. The van der Waals surface area contributed by atoms with Gasteiger partial charge in [-0.3, -0.25) is 4.79 Å². The number of nitrogens with zero attached hydrogens (tertiary/aromatic N) is 1. The highest BCUT2D eigenvalue weighted by Crippen LogP contribution is 2.30. The Labute approximate surface area is 126 Å². The van der Waals surface area contributed by atoms with Gasteiger partial charge in [0.2, 0.25) is 5.91 Å². The van der Waals surface area contributed by atoms with Crippen LogP contribution in [0.5, 0.6) is 0 Å². The van der Waals surface area contributed by atoms with Crippen molar-refractivity contribution < 1.29 is 18.7 Å². The first-order valence-electron chi connectivity index (χ1n) is 7.07.